The summed E-state index contributed by atoms with van der Waals surface area (Å²) in [6.45, 7) is 2.24. The molecule has 0 amide bonds. The third-order valence-corrected chi connectivity index (χ3v) is 5.81. The minimum absolute atomic E-state index is 0.0198. The molecule has 2 aromatic carbocycles. The molecule has 1 aliphatic rings. The van der Waals surface area contributed by atoms with Crippen LogP contribution >= 0.6 is 0 Å². The highest BCUT2D eigenvalue weighted by Crippen LogP contribution is 2.38. The second-order valence-electron chi connectivity index (χ2n) is 7.61. The Labute approximate surface area is 165 Å². The van der Waals surface area contributed by atoms with E-state index in [9.17, 15) is 13.2 Å². The third-order valence-electron chi connectivity index (χ3n) is 5.81. The molecular weight excluding hydrogens is 361 g/mol. The van der Waals surface area contributed by atoms with Crippen molar-refractivity contribution in [2.75, 3.05) is 7.11 Å². The predicted octanol–water partition coefficient (Wildman–Crippen LogP) is 7.46. The van der Waals surface area contributed by atoms with Crippen LogP contribution in [0.4, 0.5) is 13.2 Å². The second kappa shape index (κ2) is 9.31. The monoisotopic (exact) mass is 388 g/mol. The maximum Gasteiger partial charge on any atom is 0.195 e. The molecule has 0 N–H and O–H groups in total. The van der Waals surface area contributed by atoms with E-state index < -0.39 is 17.5 Å². The summed E-state index contributed by atoms with van der Waals surface area (Å²) in [4.78, 5) is 0. The number of hydrogen-bond acceptors (Lipinski definition) is 1. The summed E-state index contributed by atoms with van der Waals surface area (Å²) in [6, 6.07) is 8.83. The van der Waals surface area contributed by atoms with Crippen molar-refractivity contribution < 1.29 is 17.9 Å². The summed E-state index contributed by atoms with van der Waals surface area (Å²) in [6.07, 6.45) is 10.0. The summed E-state index contributed by atoms with van der Waals surface area (Å²) >= 11 is 0. The van der Waals surface area contributed by atoms with Crippen molar-refractivity contribution >= 4 is 6.08 Å². The lowest BCUT2D eigenvalue weighted by molar-refractivity contribution is 0.308. The lowest BCUT2D eigenvalue weighted by atomic mass is 9.77. The Kier molecular flexibility index (Phi) is 6.82. The van der Waals surface area contributed by atoms with Gasteiger partial charge in [0, 0.05) is 5.56 Å². The Balaban J connectivity index is 1.85. The fourth-order valence-corrected chi connectivity index (χ4v) is 4.27. The zero-order valence-electron chi connectivity index (χ0n) is 16.5. The molecule has 1 fully saturated rings. The molecule has 0 spiro atoms. The molecule has 1 nitrogen and oxygen atoms in total. The number of ether oxygens (including phenoxy) is 1. The van der Waals surface area contributed by atoms with Gasteiger partial charge in [0.25, 0.3) is 0 Å². The van der Waals surface area contributed by atoms with Crippen molar-refractivity contribution in [2.24, 2.45) is 5.92 Å². The Bertz CT molecular complexity index is 819. The molecule has 0 radical (unpaired) electrons. The van der Waals surface area contributed by atoms with E-state index in [1.165, 1.54) is 63.5 Å². The molecular formula is C24H27F3O. The largest absolute Gasteiger partial charge is 0.504 e. The van der Waals surface area contributed by atoms with Crippen LogP contribution in [0.2, 0.25) is 0 Å². The third kappa shape index (κ3) is 4.43. The highest BCUT2D eigenvalue weighted by atomic mass is 19.2. The molecule has 0 atom stereocenters. The van der Waals surface area contributed by atoms with Crippen molar-refractivity contribution in [1.82, 2.24) is 0 Å². The average molecular weight is 388 g/mol. The van der Waals surface area contributed by atoms with E-state index in [2.05, 4.69) is 6.92 Å². The van der Waals surface area contributed by atoms with Crippen LogP contribution < -0.4 is 0 Å². The van der Waals surface area contributed by atoms with E-state index in [4.69, 9.17) is 4.74 Å². The van der Waals surface area contributed by atoms with Gasteiger partial charge in [0.2, 0.25) is 0 Å². The normalized spacial score (nSPS) is 19.9. The van der Waals surface area contributed by atoms with Gasteiger partial charge >= 0.3 is 0 Å². The SMILES string of the molecule is CCCC1CCC(c2ccc(-c3cc(F)c(F)c(F)c3/C=C/OC)cc2)CC1. The molecule has 0 aliphatic heterocycles. The van der Waals surface area contributed by atoms with Crippen molar-refractivity contribution in [1.29, 1.82) is 0 Å². The topological polar surface area (TPSA) is 9.23 Å². The molecule has 0 heterocycles. The lowest BCUT2D eigenvalue weighted by Gasteiger charge is -2.28. The minimum atomic E-state index is -1.47. The maximum absolute atomic E-state index is 14.3. The van der Waals surface area contributed by atoms with Gasteiger partial charge in [-0.2, -0.15) is 0 Å². The number of hydrogen-bond donors (Lipinski definition) is 0. The molecule has 1 aliphatic carbocycles. The van der Waals surface area contributed by atoms with Crippen LogP contribution in [-0.4, -0.2) is 7.11 Å². The van der Waals surface area contributed by atoms with Crippen LogP contribution in [0, 0.1) is 23.4 Å². The van der Waals surface area contributed by atoms with Gasteiger partial charge in [0.05, 0.1) is 13.4 Å². The molecule has 1 saturated carbocycles. The minimum Gasteiger partial charge on any atom is -0.504 e. The first-order valence-corrected chi connectivity index (χ1v) is 10.0. The lowest BCUT2D eigenvalue weighted by Crippen LogP contribution is -2.13. The Morgan fingerprint density at radius 2 is 1.68 bits per heavy atom. The summed E-state index contributed by atoms with van der Waals surface area (Å²) < 4.78 is 46.6. The highest BCUT2D eigenvalue weighted by molar-refractivity contribution is 5.75. The van der Waals surface area contributed by atoms with Crippen LogP contribution in [0.1, 0.15) is 62.5 Å². The van der Waals surface area contributed by atoms with Crippen molar-refractivity contribution in [3.63, 3.8) is 0 Å². The van der Waals surface area contributed by atoms with Crippen molar-refractivity contribution in [3.8, 4) is 11.1 Å². The molecule has 0 saturated heterocycles. The first kappa shape index (κ1) is 20.5. The zero-order chi connectivity index (χ0) is 20.1. The Morgan fingerprint density at radius 1 is 1.00 bits per heavy atom. The molecule has 150 valence electrons. The van der Waals surface area contributed by atoms with Crippen LogP contribution in [0.25, 0.3) is 17.2 Å². The number of methoxy groups -OCH3 is 1. The van der Waals surface area contributed by atoms with Crippen molar-refractivity contribution in [2.45, 2.75) is 51.4 Å². The molecule has 4 heteroatoms. The van der Waals surface area contributed by atoms with Crippen LogP contribution in [-0.2, 0) is 4.74 Å². The van der Waals surface area contributed by atoms with E-state index >= 15 is 0 Å². The average Bonchev–Trinajstić information content (AvgIpc) is 2.72. The highest BCUT2D eigenvalue weighted by Gasteiger charge is 2.22. The molecule has 28 heavy (non-hydrogen) atoms. The van der Waals surface area contributed by atoms with E-state index in [0.29, 0.717) is 17.0 Å². The van der Waals surface area contributed by atoms with E-state index in [-0.39, 0.29) is 5.56 Å². The Morgan fingerprint density at radius 3 is 2.29 bits per heavy atom. The van der Waals surface area contributed by atoms with Gasteiger partial charge in [-0.1, -0.05) is 44.0 Å². The standard InChI is InChI=1S/C24H27F3O/c1-3-4-16-5-7-17(8-6-16)18-9-11-19(12-10-18)21-15-22(25)24(27)23(26)20(21)13-14-28-2/h9-17H,3-8H2,1-2H3/b14-13+. The molecule has 0 aromatic heterocycles. The second-order valence-corrected chi connectivity index (χ2v) is 7.61. The maximum atomic E-state index is 14.3. The zero-order valence-corrected chi connectivity index (χ0v) is 16.5. The van der Waals surface area contributed by atoms with Crippen LogP contribution in [0.3, 0.4) is 0 Å². The van der Waals surface area contributed by atoms with E-state index in [1.807, 2.05) is 24.3 Å². The number of rotatable bonds is 6. The molecule has 0 unspecified atom stereocenters. The van der Waals surface area contributed by atoms with Gasteiger partial charge in [-0.05, 0) is 66.4 Å². The predicted molar refractivity (Wildman–Crippen MR) is 107 cm³/mol. The first-order valence-electron chi connectivity index (χ1n) is 10.0. The fourth-order valence-electron chi connectivity index (χ4n) is 4.27. The summed E-state index contributed by atoms with van der Waals surface area (Å²) in [5.74, 6) is -2.49. The van der Waals surface area contributed by atoms with Crippen LogP contribution in [0.15, 0.2) is 36.6 Å². The molecule has 2 aromatic rings. The smallest absolute Gasteiger partial charge is 0.195 e. The quantitative estimate of drug-likeness (QED) is 0.368. The number of benzene rings is 2. The summed E-state index contributed by atoms with van der Waals surface area (Å²) in [5.41, 5.74) is 2.20. The van der Waals surface area contributed by atoms with Gasteiger partial charge in [0.15, 0.2) is 17.5 Å². The molecule has 0 bridgehead atoms. The first-order chi connectivity index (χ1) is 13.5. The van der Waals surface area contributed by atoms with Gasteiger partial charge in [-0.15, -0.1) is 0 Å². The fraction of sp³-hybridized carbons (Fsp3) is 0.417. The van der Waals surface area contributed by atoms with Crippen LogP contribution in [0.5, 0.6) is 0 Å². The van der Waals surface area contributed by atoms with E-state index in [0.717, 1.165) is 12.0 Å². The number of halogens is 3. The van der Waals surface area contributed by atoms with E-state index in [1.54, 1.807) is 0 Å². The van der Waals surface area contributed by atoms with Crippen molar-refractivity contribution in [3.05, 3.63) is 65.2 Å². The molecule has 3 rings (SSSR count). The van der Waals surface area contributed by atoms with Gasteiger partial charge in [0.1, 0.15) is 0 Å². The van der Waals surface area contributed by atoms with Gasteiger partial charge in [-0.25, -0.2) is 13.2 Å². The van der Waals surface area contributed by atoms with Gasteiger partial charge < -0.3 is 4.74 Å². The Hall–Kier alpha value is -2.23. The summed E-state index contributed by atoms with van der Waals surface area (Å²) in [5, 5.41) is 0. The summed E-state index contributed by atoms with van der Waals surface area (Å²) in [7, 11) is 1.41. The van der Waals surface area contributed by atoms with Gasteiger partial charge in [-0.3, -0.25) is 0 Å².